The van der Waals surface area contributed by atoms with Crippen molar-refractivity contribution in [2.45, 2.75) is 101 Å². The summed E-state index contributed by atoms with van der Waals surface area (Å²) in [6.07, 6.45) is 19.1. The van der Waals surface area contributed by atoms with Crippen LogP contribution in [-0.4, -0.2) is 11.4 Å². The van der Waals surface area contributed by atoms with E-state index in [1.807, 2.05) is 11.3 Å². The Hall–Kier alpha value is -6.88. The Morgan fingerprint density at radius 3 is 1.74 bits per heavy atom. The van der Waals surface area contributed by atoms with Crippen LogP contribution in [0.5, 0.6) is 0 Å². The molecule has 17 rings (SSSR count). The molecule has 0 unspecified atom stereocenters. The van der Waals surface area contributed by atoms with Crippen molar-refractivity contribution in [2.75, 3.05) is 4.81 Å². The number of hydrogen-bond acceptors (Lipinski definition) is 2. The van der Waals surface area contributed by atoms with Gasteiger partial charge in [-0.15, -0.1) is 11.3 Å². The van der Waals surface area contributed by atoms with Crippen LogP contribution >= 0.6 is 11.3 Å². The molecule has 9 aromatic carbocycles. The maximum absolute atomic E-state index is 2.80. The van der Waals surface area contributed by atoms with Crippen molar-refractivity contribution in [3.8, 4) is 39.1 Å². The van der Waals surface area contributed by atoms with Gasteiger partial charge in [-0.2, -0.15) is 0 Å². The number of benzene rings is 9. The average Bonchev–Trinajstić information content (AvgIpc) is 3.98. The molecule has 0 radical (unpaired) electrons. The SMILES string of the molecule is c1ccc(-c2ccc(N3B4c5c(cc(-c6ccccc6)cc5-n5c6ccc(C78CCCC(CCC7)C8)cc6c6cc(C78CCCC(CCC7)C8)cc4c65)-c4cc5c(cc43)sc3cc4ccccc4cc35)cc2)cc1. The molecule has 6 aliphatic rings. The van der Waals surface area contributed by atoms with E-state index in [1.165, 1.54) is 204 Å². The van der Waals surface area contributed by atoms with Crippen LogP contribution in [0.4, 0.5) is 11.4 Å². The third-order valence-corrected chi connectivity index (χ3v) is 21.3. The lowest BCUT2D eigenvalue weighted by molar-refractivity contribution is 0.149. The van der Waals surface area contributed by atoms with Crippen LogP contribution in [0.15, 0.2) is 176 Å². The fourth-order valence-corrected chi connectivity index (χ4v) is 18.0. The molecule has 4 bridgehead atoms. The van der Waals surface area contributed by atoms with Crippen molar-refractivity contribution >= 4 is 93.2 Å². The lowest BCUT2D eigenvalue weighted by Crippen LogP contribution is -2.61. The van der Waals surface area contributed by atoms with E-state index in [4.69, 9.17) is 0 Å². The van der Waals surface area contributed by atoms with Crippen molar-refractivity contribution < 1.29 is 0 Å². The van der Waals surface area contributed by atoms with E-state index in [1.54, 1.807) is 11.1 Å². The van der Waals surface area contributed by atoms with Crippen LogP contribution in [0.3, 0.4) is 0 Å². The monoisotopic (exact) mass is 970 g/mol. The highest BCUT2D eigenvalue weighted by Crippen LogP contribution is 2.55. The molecule has 358 valence electrons. The molecule has 11 aromatic rings. The lowest BCUT2D eigenvalue weighted by Gasteiger charge is -2.47. The first-order chi connectivity index (χ1) is 36.5. The van der Waals surface area contributed by atoms with Gasteiger partial charge in [0.1, 0.15) is 0 Å². The number of fused-ring (bicyclic) bond motifs is 15. The molecular formula is C70H59BN2S. The normalized spacial score (nSPS) is 22.7. The molecular weight excluding hydrogens is 912 g/mol. The molecule has 0 amide bonds. The molecule has 2 nitrogen and oxygen atoms in total. The Morgan fingerprint density at radius 2 is 1.04 bits per heavy atom. The first-order valence-electron chi connectivity index (χ1n) is 28.3. The van der Waals surface area contributed by atoms with Crippen LogP contribution in [0, 0.1) is 11.8 Å². The van der Waals surface area contributed by atoms with Gasteiger partial charge < -0.3 is 9.38 Å². The zero-order chi connectivity index (χ0) is 48.3. The molecule has 0 spiro atoms. The molecule has 4 saturated carbocycles. The van der Waals surface area contributed by atoms with E-state index in [0.717, 1.165) is 11.8 Å². The van der Waals surface area contributed by atoms with Gasteiger partial charge in [-0.1, -0.05) is 161 Å². The average molecular weight is 971 g/mol. The molecule has 4 fully saturated rings. The minimum absolute atomic E-state index is 0.0385. The zero-order valence-electron chi connectivity index (χ0n) is 42.2. The van der Waals surface area contributed by atoms with Crippen LogP contribution < -0.4 is 15.7 Å². The smallest absolute Gasteiger partial charge is 0.333 e. The summed E-state index contributed by atoms with van der Waals surface area (Å²) in [4.78, 5) is 2.80. The van der Waals surface area contributed by atoms with E-state index in [9.17, 15) is 0 Å². The van der Waals surface area contributed by atoms with Crippen molar-refractivity contribution in [1.82, 2.24) is 4.57 Å². The van der Waals surface area contributed by atoms with Crippen LogP contribution in [0.25, 0.3) is 91.8 Å². The predicted molar refractivity (Wildman–Crippen MR) is 316 cm³/mol. The lowest BCUT2D eigenvalue weighted by atomic mass is 9.43. The molecule has 0 atom stereocenters. The van der Waals surface area contributed by atoms with Gasteiger partial charge in [0.05, 0.1) is 11.0 Å². The molecule has 74 heavy (non-hydrogen) atoms. The standard InChI is InChI=1S/C70H59BN2S/c1-3-17-46(18-4-1)48-23-26-54(27-24-48)73-63-41-66-58(57-33-49-21-7-8-22-50(49)36-65(57)74-66)40-56(63)59-34-51(47-19-5-2-6-20-47)35-64-67(59)71(73)61-39-53(70-31-11-15-45(43-70)16-12-32-70)38-60-55-37-52(25-28-62(55)72(64)68(60)61)69-29-9-13-44(42-69)14-10-30-69/h1-8,17-28,33-41,44-45H,9-16,29-32,42-43H2. The number of thiophene rings is 1. The van der Waals surface area contributed by atoms with E-state index < -0.39 is 0 Å². The summed E-state index contributed by atoms with van der Waals surface area (Å²) >= 11 is 1.96. The fraction of sp³-hybridized carbons (Fsp3) is 0.257. The number of nitrogens with zero attached hydrogens (tertiary/aromatic N) is 2. The van der Waals surface area contributed by atoms with E-state index in [-0.39, 0.29) is 12.3 Å². The van der Waals surface area contributed by atoms with Crippen LogP contribution in [0.1, 0.15) is 101 Å². The van der Waals surface area contributed by atoms with Gasteiger partial charge in [0.2, 0.25) is 0 Å². The molecule has 4 heterocycles. The molecule has 0 N–H and O–H groups in total. The Balaban J connectivity index is 0.997. The zero-order valence-corrected chi connectivity index (χ0v) is 43.0. The quantitative estimate of drug-likeness (QED) is 0.156. The number of aromatic nitrogens is 1. The molecule has 2 aromatic heterocycles. The highest BCUT2D eigenvalue weighted by atomic mass is 32.1. The van der Waals surface area contributed by atoms with Crippen molar-refractivity contribution in [2.24, 2.45) is 11.8 Å². The van der Waals surface area contributed by atoms with Gasteiger partial charge in [-0.25, -0.2) is 0 Å². The summed E-state index contributed by atoms with van der Waals surface area (Å²) in [7, 11) is 0. The first kappa shape index (κ1) is 42.5. The van der Waals surface area contributed by atoms with E-state index >= 15 is 0 Å². The number of anilines is 2. The Labute approximate surface area is 438 Å². The van der Waals surface area contributed by atoms with E-state index in [2.05, 4.69) is 185 Å². The molecule has 0 saturated heterocycles. The molecule has 4 aliphatic carbocycles. The second kappa shape index (κ2) is 15.8. The minimum atomic E-state index is -0.0385. The first-order valence-corrected chi connectivity index (χ1v) is 29.1. The molecule has 4 heteroatoms. The number of hydrogen-bond donors (Lipinski definition) is 0. The fourth-order valence-electron chi connectivity index (χ4n) is 16.8. The van der Waals surface area contributed by atoms with Crippen LogP contribution in [0.2, 0.25) is 0 Å². The highest BCUT2D eigenvalue weighted by molar-refractivity contribution is 7.26. The Kier molecular flexibility index (Phi) is 9.08. The van der Waals surface area contributed by atoms with Crippen LogP contribution in [-0.2, 0) is 10.8 Å². The van der Waals surface area contributed by atoms with Gasteiger partial charge in [0.15, 0.2) is 0 Å². The maximum Gasteiger partial charge on any atom is 0.333 e. The second-order valence-electron chi connectivity index (χ2n) is 24.0. The summed E-state index contributed by atoms with van der Waals surface area (Å²) in [6, 6.07) is 69.4. The third-order valence-electron chi connectivity index (χ3n) is 20.1. The van der Waals surface area contributed by atoms with Crippen molar-refractivity contribution in [1.29, 1.82) is 0 Å². The van der Waals surface area contributed by atoms with Gasteiger partial charge in [0, 0.05) is 53.6 Å². The Bertz CT molecular complexity index is 4110. The van der Waals surface area contributed by atoms with Gasteiger partial charge in [-0.3, -0.25) is 0 Å². The Morgan fingerprint density at radius 1 is 0.446 bits per heavy atom. The summed E-state index contributed by atoms with van der Waals surface area (Å²) in [5.41, 5.74) is 21.1. The summed E-state index contributed by atoms with van der Waals surface area (Å²) < 4.78 is 5.47. The maximum atomic E-state index is 2.80. The molecule has 2 aliphatic heterocycles. The number of rotatable bonds is 5. The third kappa shape index (κ3) is 6.12. The highest BCUT2D eigenvalue weighted by Gasteiger charge is 2.48. The minimum Gasteiger partial charge on any atom is -0.376 e. The van der Waals surface area contributed by atoms with Gasteiger partial charge in [0.25, 0.3) is 0 Å². The summed E-state index contributed by atoms with van der Waals surface area (Å²) in [5, 5.41) is 8.25. The van der Waals surface area contributed by atoms with Crippen molar-refractivity contribution in [3.63, 3.8) is 0 Å². The predicted octanol–water partition coefficient (Wildman–Crippen LogP) is 18.1. The van der Waals surface area contributed by atoms with Gasteiger partial charge in [-0.05, 0) is 189 Å². The summed E-state index contributed by atoms with van der Waals surface area (Å²) in [5.74, 6) is 1.72. The largest absolute Gasteiger partial charge is 0.376 e. The summed E-state index contributed by atoms with van der Waals surface area (Å²) in [6.45, 7) is -0.0385. The van der Waals surface area contributed by atoms with Gasteiger partial charge >= 0.3 is 6.85 Å². The second-order valence-corrected chi connectivity index (χ2v) is 25.1. The van der Waals surface area contributed by atoms with Crippen molar-refractivity contribution in [3.05, 3.63) is 187 Å². The topological polar surface area (TPSA) is 8.17 Å². The van der Waals surface area contributed by atoms with E-state index in [0.29, 0.717) is 5.41 Å².